The van der Waals surface area contributed by atoms with Gasteiger partial charge in [-0.3, -0.25) is 0 Å². The van der Waals surface area contributed by atoms with Crippen LogP contribution in [0.15, 0.2) is 253 Å². The van der Waals surface area contributed by atoms with Crippen LogP contribution in [0.2, 0.25) is 0 Å². The second kappa shape index (κ2) is 16.1. The van der Waals surface area contributed by atoms with Crippen LogP contribution in [0.5, 0.6) is 0 Å². The highest BCUT2D eigenvalue weighted by Gasteiger charge is 2.21. The molecule has 2 heteroatoms. The molecule has 0 atom stereocenters. The summed E-state index contributed by atoms with van der Waals surface area (Å²) in [4.78, 5) is 2.40. The Labute approximate surface area is 362 Å². The van der Waals surface area contributed by atoms with Crippen molar-refractivity contribution >= 4 is 39.0 Å². The predicted molar refractivity (Wildman–Crippen MR) is 261 cm³/mol. The number of fused-ring (bicyclic) bond motifs is 3. The third kappa shape index (κ3) is 6.74. The zero-order valence-corrected chi connectivity index (χ0v) is 34.0. The lowest BCUT2D eigenvalue weighted by Crippen LogP contribution is -2.11. The molecule has 0 amide bonds. The minimum atomic E-state index is 0.899. The van der Waals surface area contributed by atoms with E-state index in [1.807, 2.05) is 12.1 Å². The van der Waals surface area contributed by atoms with Crippen molar-refractivity contribution in [3.05, 3.63) is 249 Å². The highest BCUT2D eigenvalue weighted by Crippen LogP contribution is 2.47. The Morgan fingerprint density at radius 3 is 1.47 bits per heavy atom. The van der Waals surface area contributed by atoms with E-state index in [0.29, 0.717) is 0 Å². The first-order chi connectivity index (χ1) is 30.8. The lowest BCUT2D eigenvalue weighted by Gasteiger charge is -2.29. The Hall–Kier alpha value is -8.20. The van der Waals surface area contributed by atoms with Gasteiger partial charge in [-0.05, 0) is 92.0 Å². The molecule has 0 aliphatic heterocycles. The second-order valence-electron chi connectivity index (χ2n) is 15.6. The number of para-hydroxylation sites is 3. The van der Waals surface area contributed by atoms with Crippen LogP contribution < -0.4 is 4.90 Å². The van der Waals surface area contributed by atoms with Crippen LogP contribution in [0.25, 0.3) is 88.7 Å². The second-order valence-corrected chi connectivity index (χ2v) is 15.6. The van der Waals surface area contributed by atoms with Gasteiger partial charge >= 0.3 is 0 Å². The molecule has 0 aliphatic rings. The average molecular weight is 792 g/mol. The zero-order chi connectivity index (χ0) is 41.2. The standard InChI is InChI=1S/C60H41NO/c1-4-19-42(20-5-1)49-27-10-11-30-55(49)59-51(44-23-8-3-9-24-44)31-17-32-52(59)46-25-16-26-48(41-46)61(57-35-14-12-28-50(57)43-21-6-2-7-22-43)47-39-37-45(38-40-47)53-33-18-34-56-54-29-13-15-36-58(54)62-60(53)56/h1-41H. The fourth-order valence-electron chi connectivity index (χ4n) is 9.05. The molecule has 11 aromatic rings. The summed E-state index contributed by atoms with van der Waals surface area (Å²) in [5.74, 6) is 0. The SMILES string of the molecule is c1ccc(-c2ccccc2-c2c(-c3ccccc3)cccc2-c2cccc(N(c3ccc(-c4cccc5c4oc4ccccc45)cc3)c3ccccc3-c3ccccc3)c2)cc1. The lowest BCUT2D eigenvalue weighted by molar-refractivity contribution is 0.670. The topological polar surface area (TPSA) is 16.4 Å². The maximum absolute atomic E-state index is 6.47. The van der Waals surface area contributed by atoms with Gasteiger partial charge in [0.05, 0.1) is 5.69 Å². The molecule has 1 heterocycles. The van der Waals surface area contributed by atoms with E-state index in [9.17, 15) is 0 Å². The monoisotopic (exact) mass is 791 g/mol. The van der Waals surface area contributed by atoms with Crippen molar-refractivity contribution < 1.29 is 4.42 Å². The van der Waals surface area contributed by atoms with E-state index in [1.54, 1.807) is 0 Å². The molecule has 0 aliphatic carbocycles. The van der Waals surface area contributed by atoms with Gasteiger partial charge in [-0.1, -0.05) is 212 Å². The summed E-state index contributed by atoms with van der Waals surface area (Å²) in [6.07, 6.45) is 0. The molecule has 62 heavy (non-hydrogen) atoms. The molecule has 1 aromatic heterocycles. The molecule has 0 saturated heterocycles. The van der Waals surface area contributed by atoms with Gasteiger partial charge in [-0.25, -0.2) is 0 Å². The van der Waals surface area contributed by atoms with Crippen molar-refractivity contribution in [3.8, 4) is 66.8 Å². The predicted octanol–water partition coefficient (Wildman–Crippen LogP) is 17.1. The van der Waals surface area contributed by atoms with Gasteiger partial charge in [0.25, 0.3) is 0 Å². The third-order valence-corrected chi connectivity index (χ3v) is 11.9. The van der Waals surface area contributed by atoms with Crippen LogP contribution >= 0.6 is 0 Å². The Morgan fingerprint density at radius 1 is 0.274 bits per heavy atom. The number of rotatable bonds is 9. The number of anilines is 3. The number of hydrogen-bond donors (Lipinski definition) is 0. The van der Waals surface area contributed by atoms with E-state index in [4.69, 9.17) is 4.42 Å². The molecule has 0 saturated carbocycles. The summed E-state index contributed by atoms with van der Waals surface area (Å²) in [5.41, 5.74) is 19.0. The van der Waals surface area contributed by atoms with Crippen molar-refractivity contribution in [1.29, 1.82) is 0 Å². The van der Waals surface area contributed by atoms with Gasteiger partial charge in [-0.15, -0.1) is 0 Å². The maximum atomic E-state index is 6.47. The fraction of sp³-hybridized carbons (Fsp3) is 0. The minimum Gasteiger partial charge on any atom is -0.455 e. The number of nitrogens with zero attached hydrogens (tertiary/aromatic N) is 1. The zero-order valence-electron chi connectivity index (χ0n) is 34.0. The van der Waals surface area contributed by atoms with Crippen LogP contribution in [0.4, 0.5) is 17.1 Å². The highest BCUT2D eigenvalue weighted by atomic mass is 16.3. The molecule has 11 rings (SSSR count). The van der Waals surface area contributed by atoms with Crippen LogP contribution in [-0.2, 0) is 0 Å². The molecular formula is C60H41NO. The van der Waals surface area contributed by atoms with Crippen LogP contribution in [0, 0.1) is 0 Å². The van der Waals surface area contributed by atoms with Crippen molar-refractivity contribution in [1.82, 2.24) is 0 Å². The quantitative estimate of drug-likeness (QED) is 0.145. The molecule has 0 spiro atoms. The fourth-order valence-corrected chi connectivity index (χ4v) is 9.05. The summed E-state index contributed by atoms with van der Waals surface area (Å²) < 4.78 is 6.47. The molecule has 10 aromatic carbocycles. The van der Waals surface area contributed by atoms with Gasteiger partial charge in [0, 0.05) is 33.3 Å². The molecule has 292 valence electrons. The van der Waals surface area contributed by atoms with Gasteiger partial charge in [0.15, 0.2) is 0 Å². The molecule has 0 N–H and O–H groups in total. The summed E-state index contributed by atoms with van der Waals surface area (Å²) in [5, 5.41) is 2.25. The molecule has 0 bridgehead atoms. The van der Waals surface area contributed by atoms with E-state index in [0.717, 1.165) is 66.8 Å². The van der Waals surface area contributed by atoms with Crippen molar-refractivity contribution in [2.75, 3.05) is 4.90 Å². The minimum absolute atomic E-state index is 0.899. The molecular weight excluding hydrogens is 751 g/mol. The van der Waals surface area contributed by atoms with Crippen LogP contribution in [0.1, 0.15) is 0 Å². The molecule has 0 radical (unpaired) electrons. The van der Waals surface area contributed by atoms with E-state index >= 15 is 0 Å². The summed E-state index contributed by atoms with van der Waals surface area (Å²) in [7, 11) is 0. The Balaban J connectivity index is 1.10. The Bertz CT molecular complexity index is 3330. The average Bonchev–Trinajstić information content (AvgIpc) is 3.74. The number of benzene rings is 10. The van der Waals surface area contributed by atoms with Crippen molar-refractivity contribution in [2.24, 2.45) is 0 Å². The van der Waals surface area contributed by atoms with Crippen LogP contribution in [0.3, 0.4) is 0 Å². The molecule has 2 nitrogen and oxygen atoms in total. The van der Waals surface area contributed by atoms with E-state index in [2.05, 4.69) is 241 Å². The third-order valence-electron chi connectivity index (χ3n) is 11.9. The normalized spacial score (nSPS) is 11.2. The number of hydrogen-bond acceptors (Lipinski definition) is 2. The summed E-state index contributed by atoms with van der Waals surface area (Å²) >= 11 is 0. The first kappa shape index (κ1) is 36.8. The lowest BCUT2D eigenvalue weighted by atomic mass is 9.84. The van der Waals surface area contributed by atoms with E-state index < -0.39 is 0 Å². The summed E-state index contributed by atoms with van der Waals surface area (Å²) in [6.45, 7) is 0. The molecule has 0 fully saturated rings. The first-order valence-electron chi connectivity index (χ1n) is 21.2. The van der Waals surface area contributed by atoms with E-state index in [1.165, 1.54) is 38.9 Å². The van der Waals surface area contributed by atoms with Crippen LogP contribution in [-0.4, -0.2) is 0 Å². The van der Waals surface area contributed by atoms with Gasteiger partial charge in [0.1, 0.15) is 11.2 Å². The first-order valence-corrected chi connectivity index (χ1v) is 21.2. The Kier molecular flexibility index (Phi) is 9.57. The van der Waals surface area contributed by atoms with E-state index in [-0.39, 0.29) is 0 Å². The number of furan rings is 1. The van der Waals surface area contributed by atoms with Gasteiger partial charge < -0.3 is 9.32 Å². The highest BCUT2D eigenvalue weighted by molar-refractivity contribution is 6.09. The van der Waals surface area contributed by atoms with Crippen molar-refractivity contribution in [2.45, 2.75) is 0 Å². The largest absolute Gasteiger partial charge is 0.455 e. The smallest absolute Gasteiger partial charge is 0.143 e. The van der Waals surface area contributed by atoms with Gasteiger partial charge in [0.2, 0.25) is 0 Å². The molecule has 0 unspecified atom stereocenters. The van der Waals surface area contributed by atoms with Crippen molar-refractivity contribution in [3.63, 3.8) is 0 Å². The van der Waals surface area contributed by atoms with Gasteiger partial charge in [-0.2, -0.15) is 0 Å². The summed E-state index contributed by atoms with van der Waals surface area (Å²) in [6, 6.07) is 89.1. The Morgan fingerprint density at radius 2 is 0.742 bits per heavy atom. The maximum Gasteiger partial charge on any atom is 0.143 e.